The molecule has 2 aliphatic rings. The van der Waals surface area contributed by atoms with Crippen LogP contribution < -0.4 is 14.7 Å². The van der Waals surface area contributed by atoms with Gasteiger partial charge in [-0.1, -0.05) is 18.2 Å². The minimum Gasteiger partial charge on any atom is -0.535 e. The van der Waals surface area contributed by atoms with E-state index >= 15 is 0 Å². The van der Waals surface area contributed by atoms with Gasteiger partial charge in [0.05, 0.1) is 12.7 Å². The average Bonchev–Trinajstić information content (AvgIpc) is 2.94. The maximum Gasteiger partial charge on any atom is 0.526 e. The first-order chi connectivity index (χ1) is 19.5. The van der Waals surface area contributed by atoms with Crippen molar-refractivity contribution in [2.24, 2.45) is 0 Å². The zero-order valence-corrected chi connectivity index (χ0v) is 23.3. The van der Waals surface area contributed by atoms with Crippen molar-refractivity contribution in [3.05, 3.63) is 58.1 Å². The number of likely N-dealkylation sites (N-methyl/N-ethyl adjacent to an activating group) is 1. The molecule has 0 spiro atoms. The lowest BCUT2D eigenvalue weighted by molar-refractivity contribution is -0.153. The van der Waals surface area contributed by atoms with Gasteiger partial charge in [-0.15, -0.1) is 0 Å². The smallest absolute Gasteiger partial charge is 0.526 e. The van der Waals surface area contributed by atoms with Gasteiger partial charge in [-0.3, -0.25) is 19.3 Å². The van der Waals surface area contributed by atoms with Crippen LogP contribution in [0.2, 0.25) is 5.82 Å². The minimum absolute atomic E-state index is 0.0285. The van der Waals surface area contributed by atoms with Gasteiger partial charge in [-0.05, 0) is 61.6 Å². The summed E-state index contributed by atoms with van der Waals surface area (Å²) in [5.41, 5.74) is 2.46. The van der Waals surface area contributed by atoms with Crippen LogP contribution in [0.1, 0.15) is 52.0 Å². The molecule has 13 heteroatoms. The van der Waals surface area contributed by atoms with Crippen molar-refractivity contribution in [3.63, 3.8) is 0 Å². The van der Waals surface area contributed by atoms with Gasteiger partial charge in [0.1, 0.15) is 17.5 Å². The van der Waals surface area contributed by atoms with Crippen LogP contribution in [0.4, 0.5) is 4.79 Å². The van der Waals surface area contributed by atoms with Gasteiger partial charge in [-0.25, -0.2) is 9.59 Å². The topological polar surface area (TPSA) is 163 Å². The van der Waals surface area contributed by atoms with E-state index in [1.165, 1.54) is 18.1 Å². The zero-order valence-electron chi connectivity index (χ0n) is 23.3. The largest absolute Gasteiger partial charge is 0.535 e. The molecule has 0 aliphatic carbocycles. The first-order valence-corrected chi connectivity index (χ1v) is 13.3. The molecule has 2 heterocycles. The molecule has 1 fully saturated rings. The van der Waals surface area contributed by atoms with Crippen LogP contribution >= 0.6 is 0 Å². The van der Waals surface area contributed by atoms with Gasteiger partial charge in [0, 0.05) is 31.9 Å². The number of methoxy groups -OCH3 is 1. The van der Waals surface area contributed by atoms with Crippen LogP contribution in [0.25, 0.3) is 0 Å². The summed E-state index contributed by atoms with van der Waals surface area (Å²) in [6.07, 6.45) is -0.0825. The number of hydrogen-bond acceptors (Lipinski definition) is 8. The van der Waals surface area contributed by atoms with Crippen LogP contribution in [0, 0.1) is 13.8 Å². The molecule has 4 rings (SSSR count). The van der Waals surface area contributed by atoms with E-state index in [-0.39, 0.29) is 37.2 Å². The van der Waals surface area contributed by atoms with E-state index in [9.17, 15) is 34.1 Å². The monoisotopic (exact) mass is 565 g/mol. The third-order valence-electron chi connectivity index (χ3n) is 7.64. The number of piperazine rings is 1. The van der Waals surface area contributed by atoms with Crippen LogP contribution in [0.3, 0.4) is 0 Å². The second-order valence-electron chi connectivity index (χ2n) is 10.1. The molecule has 0 radical (unpaired) electrons. The number of urea groups is 1. The number of rotatable bonds is 8. The molecule has 1 unspecified atom stereocenters. The summed E-state index contributed by atoms with van der Waals surface area (Å²) in [5.74, 6) is -3.68. The summed E-state index contributed by atoms with van der Waals surface area (Å²) in [5, 5.41) is 22.8. The summed E-state index contributed by atoms with van der Waals surface area (Å²) in [4.78, 5) is 65.8. The molecule has 0 bridgehead atoms. The lowest BCUT2D eigenvalue weighted by Gasteiger charge is -2.33. The van der Waals surface area contributed by atoms with Crippen molar-refractivity contribution in [1.29, 1.82) is 0 Å². The minimum atomic E-state index is -1.47. The molecule has 2 aromatic carbocycles. The fourth-order valence-corrected chi connectivity index (χ4v) is 5.16. The standard InChI is InChI=1S/C28H32BN3O9/c1-5-31-9-10-32(26(35)25(31)34)28(38)30-23(18-11-15(2)16(3)22(13-18)40-4)21(33)14-19-12-17-7-6-8-20(27(36)37)24(17)41-29(19)39/h6-8,11,13,19,23,39H,5,9-10,12,14H2,1-4H3,(H,30,38)(H,36,37)/t19-,23?/m1/s1. The Bertz CT molecular complexity index is 1410. The third-order valence-corrected chi connectivity index (χ3v) is 7.64. The molecular formula is C28H32BN3O9. The van der Waals surface area contributed by atoms with Crippen LogP contribution in [-0.2, 0) is 20.8 Å². The maximum atomic E-state index is 13.8. The Labute approximate surface area is 237 Å². The fraction of sp³-hybridized carbons (Fsp3) is 0.393. The molecule has 216 valence electrons. The number of aryl methyl sites for hydroxylation is 1. The number of aromatic carboxylic acids is 1. The molecule has 12 nitrogen and oxygen atoms in total. The predicted octanol–water partition coefficient (Wildman–Crippen LogP) is 1.90. The molecule has 2 aliphatic heterocycles. The number of carbonyl (C=O) groups excluding carboxylic acids is 4. The fourth-order valence-electron chi connectivity index (χ4n) is 5.16. The number of benzene rings is 2. The first-order valence-electron chi connectivity index (χ1n) is 13.3. The van der Waals surface area contributed by atoms with Crippen molar-refractivity contribution >= 4 is 36.7 Å². The molecule has 3 N–H and O–H groups in total. The second-order valence-corrected chi connectivity index (χ2v) is 10.1. The van der Waals surface area contributed by atoms with E-state index in [0.717, 1.165) is 16.0 Å². The highest BCUT2D eigenvalue weighted by atomic mass is 16.5. The van der Waals surface area contributed by atoms with E-state index in [1.807, 2.05) is 13.8 Å². The summed E-state index contributed by atoms with van der Waals surface area (Å²) >= 11 is 0. The highest BCUT2D eigenvalue weighted by molar-refractivity contribution is 6.47. The van der Waals surface area contributed by atoms with E-state index < -0.39 is 48.6 Å². The van der Waals surface area contributed by atoms with Crippen LogP contribution in [0.5, 0.6) is 11.5 Å². The Hall–Kier alpha value is -4.39. The molecule has 0 saturated carbocycles. The predicted molar refractivity (Wildman–Crippen MR) is 147 cm³/mol. The van der Waals surface area contributed by atoms with Gasteiger partial charge >= 0.3 is 30.9 Å². The van der Waals surface area contributed by atoms with Gasteiger partial charge in [0.2, 0.25) is 0 Å². The second kappa shape index (κ2) is 12.0. The molecule has 4 amide bonds. The number of carbonyl (C=O) groups is 5. The number of ketones is 1. The molecule has 0 aromatic heterocycles. The number of ether oxygens (including phenoxy) is 1. The Kier molecular flexibility index (Phi) is 8.67. The number of Topliss-reactive ketones (excluding diaryl/α,β-unsaturated/α-hetero) is 1. The first kappa shape index (κ1) is 29.6. The molecule has 41 heavy (non-hydrogen) atoms. The highest BCUT2D eigenvalue weighted by Crippen LogP contribution is 2.37. The summed E-state index contributed by atoms with van der Waals surface area (Å²) in [6, 6.07) is 5.79. The maximum absolute atomic E-state index is 13.8. The Morgan fingerprint density at radius 3 is 2.56 bits per heavy atom. The van der Waals surface area contributed by atoms with E-state index in [1.54, 1.807) is 31.2 Å². The number of hydrogen-bond donors (Lipinski definition) is 3. The quantitative estimate of drug-likeness (QED) is 0.321. The van der Waals surface area contributed by atoms with Crippen molar-refractivity contribution in [3.8, 4) is 11.5 Å². The number of carboxylic acids is 1. The zero-order chi connectivity index (χ0) is 30.0. The number of nitrogens with one attached hydrogen (secondary N) is 1. The number of imide groups is 1. The number of amides is 4. The number of para-hydroxylation sites is 1. The Morgan fingerprint density at radius 1 is 1.17 bits per heavy atom. The third kappa shape index (κ3) is 5.90. The van der Waals surface area contributed by atoms with Crippen LogP contribution in [-0.4, -0.2) is 83.4 Å². The average molecular weight is 565 g/mol. The van der Waals surface area contributed by atoms with Crippen molar-refractivity contribution < 1.29 is 43.5 Å². The van der Waals surface area contributed by atoms with Crippen molar-refractivity contribution in [2.75, 3.05) is 26.7 Å². The summed E-state index contributed by atoms with van der Waals surface area (Å²) < 4.78 is 11.0. The summed E-state index contributed by atoms with van der Waals surface area (Å²) in [6.45, 7) is 5.88. The lowest BCUT2D eigenvalue weighted by Crippen LogP contribution is -2.58. The van der Waals surface area contributed by atoms with E-state index in [0.29, 0.717) is 23.4 Å². The number of fused-ring (bicyclic) bond motifs is 1. The Balaban J connectivity index is 1.62. The van der Waals surface area contributed by atoms with E-state index in [2.05, 4.69) is 5.32 Å². The molecule has 1 saturated heterocycles. The molecule has 2 aromatic rings. The SMILES string of the molecule is CCN1CCN(C(=O)NC(C(=O)C[C@H]2Cc3cccc(C(=O)O)c3OB2O)c2cc(C)c(C)c(OC)c2)C(=O)C1=O. The normalized spacial score (nSPS) is 17.5. The van der Waals surface area contributed by atoms with Gasteiger partial charge in [-0.2, -0.15) is 0 Å². The van der Waals surface area contributed by atoms with E-state index in [4.69, 9.17) is 9.39 Å². The highest BCUT2D eigenvalue weighted by Gasteiger charge is 2.41. The van der Waals surface area contributed by atoms with Crippen molar-refractivity contribution in [2.45, 2.75) is 45.5 Å². The van der Waals surface area contributed by atoms with Gasteiger partial charge in [0.25, 0.3) is 0 Å². The number of nitrogens with zero attached hydrogens (tertiary/aromatic N) is 2. The van der Waals surface area contributed by atoms with Gasteiger partial charge < -0.3 is 29.7 Å². The van der Waals surface area contributed by atoms with Crippen LogP contribution in [0.15, 0.2) is 30.3 Å². The number of carboxylic acid groups (broad SMARTS) is 1. The van der Waals surface area contributed by atoms with Crippen molar-refractivity contribution in [1.82, 2.24) is 15.1 Å². The summed E-state index contributed by atoms with van der Waals surface area (Å²) in [7, 11) is 0.00991. The lowest BCUT2D eigenvalue weighted by atomic mass is 9.64. The molecular weight excluding hydrogens is 533 g/mol. The Morgan fingerprint density at radius 2 is 1.90 bits per heavy atom. The van der Waals surface area contributed by atoms with Gasteiger partial charge in [0.15, 0.2) is 5.78 Å². The molecule has 2 atom stereocenters.